The molecular formula is C17H23N3O2S. The van der Waals surface area contributed by atoms with Crippen LogP contribution >= 0.6 is 11.3 Å². The Morgan fingerprint density at radius 1 is 1.30 bits per heavy atom. The van der Waals surface area contributed by atoms with Crippen LogP contribution in [0.25, 0.3) is 0 Å². The molecule has 0 unspecified atom stereocenters. The van der Waals surface area contributed by atoms with E-state index in [1.807, 2.05) is 38.5 Å². The maximum Gasteiger partial charge on any atom is 0.315 e. The van der Waals surface area contributed by atoms with Crippen molar-refractivity contribution in [2.75, 3.05) is 20.6 Å². The highest BCUT2D eigenvalue weighted by molar-refractivity contribution is 7.10. The zero-order valence-corrected chi connectivity index (χ0v) is 14.4. The number of hydrogen-bond donors (Lipinski definition) is 3. The molecule has 0 fully saturated rings. The van der Waals surface area contributed by atoms with Crippen molar-refractivity contribution in [2.24, 2.45) is 0 Å². The van der Waals surface area contributed by atoms with E-state index in [4.69, 9.17) is 0 Å². The molecule has 0 saturated carbocycles. The highest BCUT2D eigenvalue weighted by Crippen LogP contribution is 2.22. The van der Waals surface area contributed by atoms with Crippen molar-refractivity contribution in [3.05, 3.63) is 52.2 Å². The summed E-state index contributed by atoms with van der Waals surface area (Å²) in [5.74, 6) is 0.196. The Labute approximate surface area is 140 Å². The molecule has 0 radical (unpaired) electrons. The number of phenols is 1. The average Bonchev–Trinajstić information content (AvgIpc) is 3.01. The van der Waals surface area contributed by atoms with Crippen molar-refractivity contribution in [3.8, 4) is 5.75 Å². The smallest absolute Gasteiger partial charge is 0.315 e. The molecule has 0 spiro atoms. The molecule has 1 heterocycles. The second-order valence-corrected chi connectivity index (χ2v) is 6.65. The van der Waals surface area contributed by atoms with E-state index in [1.54, 1.807) is 29.5 Å². The summed E-state index contributed by atoms with van der Waals surface area (Å²) < 4.78 is 0. The van der Waals surface area contributed by atoms with Gasteiger partial charge in [-0.3, -0.25) is 0 Å². The van der Waals surface area contributed by atoms with E-state index in [0.29, 0.717) is 6.54 Å². The van der Waals surface area contributed by atoms with Gasteiger partial charge in [0.05, 0.1) is 12.1 Å². The molecule has 2 aromatic rings. The van der Waals surface area contributed by atoms with Gasteiger partial charge in [0, 0.05) is 11.4 Å². The monoisotopic (exact) mass is 333 g/mol. The van der Waals surface area contributed by atoms with E-state index in [0.717, 1.165) is 5.56 Å². The summed E-state index contributed by atoms with van der Waals surface area (Å²) in [5.41, 5.74) is 0.863. The van der Waals surface area contributed by atoms with Gasteiger partial charge in [-0.25, -0.2) is 4.79 Å². The van der Waals surface area contributed by atoms with Crippen molar-refractivity contribution in [1.82, 2.24) is 15.5 Å². The molecule has 2 atom stereocenters. The number of phenolic OH excluding ortho intramolecular Hbond substituents is 1. The van der Waals surface area contributed by atoms with E-state index in [-0.39, 0.29) is 23.9 Å². The lowest BCUT2D eigenvalue weighted by Crippen LogP contribution is -2.41. The van der Waals surface area contributed by atoms with Crippen molar-refractivity contribution in [1.29, 1.82) is 0 Å². The van der Waals surface area contributed by atoms with E-state index in [2.05, 4.69) is 21.6 Å². The van der Waals surface area contributed by atoms with Gasteiger partial charge in [-0.2, -0.15) is 0 Å². The summed E-state index contributed by atoms with van der Waals surface area (Å²) in [5, 5.41) is 17.4. The van der Waals surface area contributed by atoms with Gasteiger partial charge in [-0.1, -0.05) is 18.2 Å². The molecule has 3 N–H and O–H groups in total. The van der Waals surface area contributed by atoms with Crippen LogP contribution in [-0.2, 0) is 0 Å². The summed E-state index contributed by atoms with van der Waals surface area (Å²) >= 11 is 1.68. The molecular weight excluding hydrogens is 310 g/mol. The third kappa shape index (κ3) is 4.97. The number of nitrogens with zero attached hydrogens (tertiary/aromatic N) is 1. The molecule has 0 saturated heterocycles. The number of likely N-dealkylation sites (N-methyl/N-ethyl adjacent to an activating group) is 1. The lowest BCUT2D eigenvalue weighted by atomic mass is 10.1. The SMILES string of the molecule is C[C@@H](NC(=O)NC[C@@H](c1cccs1)N(C)C)c1cccc(O)c1. The molecule has 124 valence electrons. The summed E-state index contributed by atoms with van der Waals surface area (Å²) in [4.78, 5) is 15.4. The number of carbonyl (C=O) groups excluding carboxylic acids is 1. The maximum atomic E-state index is 12.1. The summed E-state index contributed by atoms with van der Waals surface area (Å²) in [6.45, 7) is 2.42. The fraction of sp³-hybridized carbons (Fsp3) is 0.353. The second kappa shape index (κ2) is 7.99. The number of urea groups is 1. The van der Waals surface area contributed by atoms with E-state index >= 15 is 0 Å². The molecule has 0 aliphatic heterocycles. The average molecular weight is 333 g/mol. The van der Waals surface area contributed by atoms with Crippen molar-refractivity contribution < 1.29 is 9.90 Å². The Kier molecular flexibility index (Phi) is 6.01. The van der Waals surface area contributed by atoms with Gasteiger partial charge in [0.1, 0.15) is 5.75 Å². The molecule has 0 bridgehead atoms. The van der Waals surface area contributed by atoms with Crippen LogP contribution in [0.2, 0.25) is 0 Å². The third-order valence-corrected chi connectivity index (χ3v) is 4.64. The summed E-state index contributed by atoms with van der Waals surface area (Å²) in [7, 11) is 4.00. The van der Waals surface area contributed by atoms with E-state index < -0.39 is 0 Å². The van der Waals surface area contributed by atoms with Crippen LogP contribution in [0, 0.1) is 0 Å². The van der Waals surface area contributed by atoms with E-state index in [1.165, 1.54) is 4.88 Å². The van der Waals surface area contributed by atoms with Crippen molar-refractivity contribution in [2.45, 2.75) is 19.0 Å². The molecule has 5 nitrogen and oxygen atoms in total. The second-order valence-electron chi connectivity index (χ2n) is 5.67. The predicted molar refractivity (Wildman–Crippen MR) is 93.8 cm³/mol. The quantitative estimate of drug-likeness (QED) is 0.761. The number of benzene rings is 1. The van der Waals surface area contributed by atoms with Gasteiger partial charge >= 0.3 is 6.03 Å². The highest BCUT2D eigenvalue weighted by Gasteiger charge is 2.17. The van der Waals surface area contributed by atoms with Crippen LogP contribution in [0.4, 0.5) is 4.79 Å². The van der Waals surface area contributed by atoms with Gasteiger partial charge in [-0.15, -0.1) is 11.3 Å². The van der Waals surface area contributed by atoms with Gasteiger partial charge < -0.3 is 20.6 Å². The highest BCUT2D eigenvalue weighted by atomic mass is 32.1. The molecule has 0 aliphatic rings. The van der Waals surface area contributed by atoms with Crippen LogP contribution in [0.5, 0.6) is 5.75 Å². The summed E-state index contributed by atoms with van der Waals surface area (Å²) in [6.07, 6.45) is 0. The standard InChI is InChI=1S/C17H23N3O2S/c1-12(13-6-4-7-14(21)10-13)19-17(22)18-11-15(20(2)3)16-8-5-9-23-16/h4-10,12,15,21H,11H2,1-3H3,(H2,18,19,22)/t12-,15+/m1/s1. The number of nitrogens with one attached hydrogen (secondary N) is 2. The lowest BCUT2D eigenvalue weighted by Gasteiger charge is -2.24. The van der Waals surface area contributed by atoms with Crippen molar-refractivity contribution in [3.63, 3.8) is 0 Å². The normalized spacial score (nSPS) is 13.6. The van der Waals surface area contributed by atoms with Gasteiger partial charge in [0.25, 0.3) is 0 Å². The summed E-state index contributed by atoms with van der Waals surface area (Å²) in [6, 6.07) is 10.7. The van der Waals surface area contributed by atoms with Crippen LogP contribution in [0.15, 0.2) is 41.8 Å². The van der Waals surface area contributed by atoms with Crippen LogP contribution in [0.3, 0.4) is 0 Å². The lowest BCUT2D eigenvalue weighted by molar-refractivity contribution is 0.230. The first-order valence-electron chi connectivity index (χ1n) is 7.50. The minimum absolute atomic E-state index is 0.150. The van der Waals surface area contributed by atoms with Crippen LogP contribution in [-0.4, -0.2) is 36.7 Å². The zero-order valence-electron chi connectivity index (χ0n) is 13.6. The maximum absolute atomic E-state index is 12.1. The number of aromatic hydroxyl groups is 1. The fourth-order valence-corrected chi connectivity index (χ4v) is 3.26. The van der Waals surface area contributed by atoms with Crippen molar-refractivity contribution >= 4 is 17.4 Å². The minimum atomic E-state index is -0.218. The minimum Gasteiger partial charge on any atom is -0.508 e. The van der Waals surface area contributed by atoms with Crippen LogP contribution < -0.4 is 10.6 Å². The predicted octanol–water partition coefficient (Wildman–Crippen LogP) is 3.12. The molecule has 23 heavy (non-hydrogen) atoms. The molecule has 1 aromatic heterocycles. The van der Waals surface area contributed by atoms with Crippen LogP contribution in [0.1, 0.15) is 29.4 Å². The molecule has 6 heteroatoms. The Morgan fingerprint density at radius 2 is 2.09 bits per heavy atom. The van der Waals surface area contributed by atoms with Gasteiger partial charge in [0.2, 0.25) is 0 Å². The molecule has 2 rings (SSSR count). The number of carbonyl (C=O) groups is 1. The third-order valence-electron chi connectivity index (χ3n) is 3.67. The number of amides is 2. The first-order valence-corrected chi connectivity index (χ1v) is 8.38. The van der Waals surface area contributed by atoms with Gasteiger partial charge in [-0.05, 0) is 50.2 Å². The first-order chi connectivity index (χ1) is 11.0. The Balaban J connectivity index is 1.89. The largest absolute Gasteiger partial charge is 0.508 e. The Bertz CT molecular complexity index is 629. The number of rotatable bonds is 6. The molecule has 0 aliphatic carbocycles. The topological polar surface area (TPSA) is 64.6 Å². The number of hydrogen-bond acceptors (Lipinski definition) is 4. The Hall–Kier alpha value is -2.05. The number of thiophene rings is 1. The molecule has 2 amide bonds. The van der Waals surface area contributed by atoms with Gasteiger partial charge in [0.15, 0.2) is 0 Å². The fourth-order valence-electron chi connectivity index (χ4n) is 2.33. The molecule has 1 aromatic carbocycles. The zero-order chi connectivity index (χ0) is 16.8. The first kappa shape index (κ1) is 17.3. The van der Waals surface area contributed by atoms with E-state index in [9.17, 15) is 9.90 Å². The Morgan fingerprint density at radius 3 is 2.70 bits per heavy atom.